The minimum absolute atomic E-state index is 0.0950. The van der Waals surface area contributed by atoms with Crippen molar-refractivity contribution in [1.82, 2.24) is 9.78 Å². The Morgan fingerprint density at radius 3 is 2.81 bits per heavy atom. The van der Waals surface area contributed by atoms with Gasteiger partial charge in [0, 0.05) is 23.9 Å². The van der Waals surface area contributed by atoms with Crippen molar-refractivity contribution in [1.29, 1.82) is 0 Å². The number of nitrogens with zero attached hydrogens (tertiary/aromatic N) is 2. The summed E-state index contributed by atoms with van der Waals surface area (Å²) in [5, 5.41) is 6.11. The molecule has 1 saturated carbocycles. The van der Waals surface area contributed by atoms with Crippen molar-refractivity contribution < 1.29 is 0 Å². The Hall–Kier alpha value is -1.35. The summed E-state index contributed by atoms with van der Waals surface area (Å²) >= 11 is 0. The van der Waals surface area contributed by atoms with Crippen LogP contribution < -0.4 is 5.73 Å². The molecular weight excluding hydrogens is 258 g/mol. The Morgan fingerprint density at radius 1 is 1.33 bits per heavy atom. The highest BCUT2D eigenvalue weighted by molar-refractivity contribution is 5.82. The smallest absolute Gasteiger partial charge is 0.0721 e. The number of benzene rings is 1. The molecule has 1 aromatic carbocycles. The number of rotatable bonds is 3. The first kappa shape index (κ1) is 14.6. The number of aryl methyl sites for hydroxylation is 1. The monoisotopic (exact) mass is 285 g/mol. The van der Waals surface area contributed by atoms with E-state index in [-0.39, 0.29) is 5.54 Å². The number of hydrogen-bond donors (Lipinski definition) is 1. The summed E-state index contributed by atoms with van der Waals surface area (Å²) in [5.74, 6) is 1.37. The molecule has 0 spiro atoms. The summed E-state index contributed by atoms with van der Waals surface area (Å²) < 4.78 is 2.10. The highest BCUT2D eigenvalue weighted by atomic mass is 15.3. The molecule has 3 rings (SSSR count). The Balaban J connectivity index is 1.94. The Kier molecular flexibility index (Phi) is 3.78. The standard InChI is InChI=1S/C18H27N3/c1-4-21-17-8-6-5-7-15(17)16(20-21)12-18(19)10-9-13(2)11-14(18)3/h5-8,13-14H,4,9-12,19H2,1-3H3. The lowest BCUT2D eigenvalue weighted by Crippen LogP contribution is -2.51. The SMILES string of the molecule is CCn1nc(CC2(N)CCC(C)CC2C)c2ccccc21. The molecule has 0 aliphatic heterocycles. The minimum atomic E-state index is -0.0950. The van der Waals surface area contributed by atoms with E-state index in [1.807, 2.05) is 0 Å². The number of hydrogen-bond acceptors (Lipinski definition) is 2. The Morgan fingerprint density at radius 2 is 2.10 bits per heavy atom. The quantitative estimate of drug-likeness (QED) is 0.933. The average molecular weight is 285 g/mol. The third-order valence-corrected chi connectivity index (χ3v) is 5.37. The molecule has 1 aromatic heterocycles. The van der Waals surface area contributed by atoms with Crippen LogP contribution in [0.15, 0.2) is 24.3 Å². The molecule has 1 aliphatic carbocycles. The van der Waals surface area contributed by atoms with Crippen LogP contribution in [0.25, 0.3) is 10.9 Å². The van der Waals surface area contributed by atoms with Crippen LogP contribution in [-0.2, 0) is 13.0 Å². The summed E-state index contributed by atoms with van der Waals surface area (Å²) in [5.41, 5.74) is 9.10. The van der Waals surface area contributed by atoms with Gasteiger partial charge in [-0.1, -0.05) is 32.0 Å². The molecule has 3 heteroatoms. The van der Waals surface area contributed by atoms with Gasteiger partial charge in [0.2, 0.25) is 0 Å². The number of aromatic nitrogens is 2. The van der Waals surface area contributed by atoms with Crippen molar-refractivity contribution in [2.45, 2.75) is 58.5 Å². The van der Waals surface area contributed by atoms with E-state index in [0.717, 1.165) is 25.3 Å². The second-order valence-electron chi connectivity index (χ2n) is 6.97. The molecule has 3 unspecified atom stereocenters. The van der Waals surface area contributed by atoms with Crippen molar-refractivity contribution in [2.24, 2.45) is 17.6 Å². The second-order valence-corrected chi connectivity index (χ2v) is 6.97. The molecule has 21 heavy (non-hydrogen) atoms. The predicted molar refractivity (Wildman–Crippen MR) is 88.2 cm³/mol. The fraction of sp³-hybridized carbons (Fsp3) is 0.611. The van der Waals surface area contributed by atoms with E-state index in [1.165, 1.54) is 29.4 Å². The third-order valence-electron chi connectivity index (χ3n) is 5.37. The average Bonchev–Trinajstić information content (AvgIpc) is 2.82. The van der Waals surface area contributed by atoms with E-state index in [1.54, 1.807) is 0 Å². The van der Waals surface area contributed by atoms with E-state index >= 15 is 0 Å². The van der Waals surface area contributed by atoms with Gasteiger partial charge in [-0.25, -0.2) is 0 Å². The first-order valence-corrected chi connectivity index (χ1v) is 8.27. The van der Waals surface area contributed by atoms with Gasteiger partial charge in [-0.3, -0.25) is 4.68 Å². The van der Waals surface area contributed by atoms with Gasteiger partial charge in [-0.05, 0) is 44.1 Å². The zero-order chi connectivity index (χ0) is 15.0. The van der Waals surface area contributed by atoms with E-state index in [4.69, 9.17) is 10.8 Å². The van der Waals surface area contributed by atoms with Crippen molar-refractivity contribution >= 4 is 10.9 Å². The summed E-state index contributed by atoms with van der Waals surface area (Å²) in [6, 6.07) is 8.53. The van der Waals surface area contributed by atoms with Gasteiger partial charge in [0.1, 0.15) is 0 Å². The molecule has 1 aliphatic rings. The van der Waals surface area contributed by atoms with Crippen molar-refractivity contribution in [2.75, 3.05) is 0 Å². The Bertz CT molecular complexity index is 630. The van der Waals surface area contributed by atoms with Crippen LogP contribution >= 0.6 is 0 Å². The molecule has 1 heterocycles. The molecule has 0 radical (unpaired) electrons. The van der Waals surface area contributed by atoms with Gasteiger partial charge in [0.25, 0.3) is 0 Å². The molecule has 2 N–H and O–H groups in total. The van der Waals surface area contributed by atoms with Gasteiger partial charge >= 0.3 is 0 Å². The first-order chi connectivity index (χ1) is 10.0. The highest BCUT2D eigenvalue weighted by Gasteiger charge is 2.37. The second kappa shape index (κ2) is 5.45. The summed E-state index contributed by atoms with van der Waals surface area (Å²) in [4.78, 5) is 0. The molecule has 0 saturated heterocycles. The maximum atomic E-state index is 6.79. The van der Waals surface area contributed by atoms with Crippen LogP contribution in [0.2, 0.25) is 0 Å². The maximum Gasteiger partial charge on any atom is 0.0721 e. The lowest BCUT2D eigenvalue weighted by atomic mass is 9.68. The van der Waals surface area contributed by atoms with Crippen LogP contribution in [0.1, 0.15) is 45.7 Å². The fourth-order valence-corrected chi connectivity index (χ4v) is 3.86. The first-order valence-electron chi connectivity index (χ1n) is 8.27. The van der Waals surface area contributed by atoms with Gasteiger partial charge < -0.3 is 5.73 Å². The zero-order valence-corrected chi connectivity index (χ0v) is 13.5. The molecule has 0 bridgehead atoms. The lowest BCUT2D eigenvalue weighted by molar-refractivity contribution is 0.162. The van der Waals surface area contributed by atoms with Gasteiger partial charge in [0.15, 0.2) is 0 Å². The van der Waals surface area contributed by atoms with Gasteiger partial charge in [0.05, 0.1) is 11.2 Å². The third kappa shape index (κ3) is 2.59. The lowest BCUT2D eigenvalue weighted by Gasteiger charge is -2.41. The van der Waals surface area contributed by atoms with Gasteiger partial charge in [-0.2, -0.15) is 5.10 Å². The van der Waals surface area contributed by atoms with E-state index in [0.29, 0.717) is 5.92 Å². The Labute approximate surface area is 127 Å². The minimum Gasteiger partial charge on any atom is -0.325 e. The number of para-hydroxylation sites is 1. The number of fused-ring (bicyclic) bond motifs is 1. The van der Waals surface area contributed by atoms with Crippen LogP contribution in [0, 0.1) is 11.8 Å². The molecular formula is C18H27N3. The van der Waals surface area contributed by atoms with Gasteiger partial charge in [-0.15, -0.1) is 0 Å². The topological polar surface area (TPSA) is 43.8 Å². The van der Waals surface area contributed by atoms with Crippen LogP contribution in [0.4, 0.5) is 0 Å². The van der Waals surface area contributed by atoms with Crippen molar-refractivity contribution in [3.8, 4) is 0 Å². The molecule has 2 aromatic rings. The van der Waals surface area contributed by atoms with E-state index < -0.39 is 0 Å². The van der Waals surface area contributed by atoms with Crippen molar-refractivity contribution in [3.63, 3.8) is 0 Å². The highest BCUT2D eigenvalue weighted by Crippen LogP contribution is 2.38. The largest absolute Gasteiger partial charge is 0.325 e. The summed E-state index contributed by atoms with van der Waals surface area (Å²) in [6.07, 6.45) is 4.49. The zero-order valence-electron chi connectivity index (χ0n) is 13.5. The predicted octanol–water partition coefficient (Wildman–Crippen LogP) is 3.75. The molecule has 0 amide bonds. The van der Waals surface area contributed by atoms with Crippen LogP contribution in [0.3, 0.4) is 0 Å². The fourth-order valence-electron chi connectivity index (χ4n) is 3.86. The summed E-state index contributed by atoms with van der Waals surface area (Å²) in [6.45, 7) is 7.71. The normalized spacial score (nSPS) is 29.9. The molecule has 1 fully saturated rings. The molecule has 3 nitrogen and oxygen atoms in total. The molecule has 3 atom stereocenters. The summed E-state index contributed by atoms with van der Waals surface area (Å²) in [7, 11) is 0. The maximum absolute atomic E-state index is 6.79. The van der Waals surface area contributed by atoms with Crippen molar-refractivity contribution in [3.05, 3.63) is 30.0 Å². The molecule has 114 valence electrons. The van der Waals surface area contributed by atoms with Crippen LogP contribution in [0.5, 0.6) is 0 Å². The van der Waals surface area contributed by atoms with E-state index in [2.05, 4.69) is 49.7 Å². The van der Waals surface area contributed by atoms with E-state index in [9.17, 15) is 0 Å². The van der Waals surface area contributed by atoms with Crippen LogP contribution in [-0.4, -0.2) is 15.3 Å². The number of nitrogens with two attached hydrogens (primary N) is 1.